The molecular formula is C15H17ClN4O2. The van der Waals surface area contributed by atoms with E-state index in [0.717, 1.165) is 18.5 Å². The van der Waals surface area contributed by atoms with Crippen LogP contribution < -0.4 is 5.32 Å². The average Bonchev–Trinajstić information content (AvgIpc) is 2.94. The summed E-state index contributed by atoms with van der Waals surface area (Å²) < 4.78 is 5.54. The molecule has 7 heteroatoms. The van der Waals surface area contributed by atoms with Gasteiger partial charge in [0.1, 0.15) is 6.04 Å². The Hall–Kier alpha value is -2.08. The Bertz CT molecular complexity index is 670. The molecule has 2 aromatic rings. The van der Waals surface area contributed by atoms with Crippen LogP contribution in [0, 0.1) is 0 Å². The van der Waals surface area contributed by atoms with E-state index in [1.165, 1.54) is 0 Å². The van der Waals surface area contributed by atoms with E-state index >= 15 is 0 Å². The number of carbonyl (C=O) groups excluding carboxylic acids is 1. The first kappa shape index (κ1) is 14.8. The monoisotopic (exact) mass is 320 g/mol. The Morgan fingerprint density at radius 1 is 1.41 bits per heavy atom. The quantitative estimate of drug-likeness (QED) is 0.938. The standard InChI is InChI=1S/C15H17ClN4O2/c1-9-7-8-20(9)14(21)10(2)17-15-19-18-13(22-15)11-3-5-12(16)6-4-11/h3-6,9-10H,7-8H2,1-2H3,(H,17,19)/t9?,10-/m1/s1. The average molecular weight is 321 g/mol. The molecule has 0 saturated carbocycles. The van der Waals surface area contributed by atoms with Crippen molar-refractivity contribution < 1.29 is 9.21 Å². The maximum absolute atomic E-state index is 12.2. The summed E-state index contributed by atoms with van der Waals surface area (Å²) in [6, 6.07) is 7.26. The summed E-state index contributed by atoms with van der Waals surface area (Å²) in [4.78, 5) is 14.1. The summed E-state index contributed by atoms with van der Waals surface area (Å²) in [6.07, 6.45) is 1.06. The predicted molar refractivity (Wildman–Crippen MR) is 83.6 cm³/mol. The molecule has 2 atom stereocenters. The van der Waals surface area contributed by atoms with Gasteiger partial charge in [-0.3, -0.25) is 4.79 Å². The van der Waals surface area contributed by atoms with E-state index < -0.39 is 6.04 Å². The normalized spacial score (nSPS) is 18.7. The Balaban J connectivity index is 1.66. The predicted octanol–water partition coefficient (Wildman–Crippen LogP) is 2.81. The van der Waals surface area contributed by atoms with E-state index in [4.69, 9.17) is 16.0 Å². The van der Waals surface area contributed by atoms with Crippen molar-refractivity contribution in [3.8, 4) is 11.5 Å². The van der Waals surface area contributed by atoms with E-state index in [0.29, 0.717) is 17.0 Å². The number of carbonyl (C=O) groups is 1. The fourth-order valence-electron chi connectivity index (χ4n) is 2.33. The molecule has 1 fully saturated rings. The minimum Gasteiger partial charge on any atom is -0.403 e. The van der Waals surface area contributed by atoms with Crippen molar-refractivity contribution >= 4 is 23.5 Å². The lowest BCUT2D eigenvalue weighted by Gasteiger charge is -2.40. The lowest BCUT2D eigenvalue weighted by Crippen LogP contribution is -2.53. The fraction of sp³-hybridized carbons (Fsp3) is 0.400. The van der Waals surface area contributed by atoms with E-state index in [1.54, 1.807) is 31.2 Å². The first-order chi connectivity index (χ1) is 10.5. The number of amides is 1. The van der Waals surface area contributed by atoms with Crippen LogP contribution in [0.1, 0.15) is 20.3 Å². The van der Waals surface area contributed by atoms with Gasteiger partial charge in [0.15, 0.2) is 0 Å². The lowest BCUT2D eigenvalue weighted by molar-refractivity contribution is -0.138. The fourth-order valence-corrected chi connectivity index (χ4v) is 2.46. The third kappa shape index (κ3) is 2.92. The highest BCUT2D eigenvalue weighted by Crippen LogP contribution is 2.23. The number of hydrogen-bond acceptors (Lipinski definition) is 5. The highest BCUT2D eigenvalue weighted by molar-refractivity contribution is 6.30. The van der Waals surface area contributed by atoms with E-state index in [-0.39, 0.29) is 11.9 Å². The van der Waals surface area contributed by atoms with Gasteiger partial charge in [0.25, 0.3) is 0 Å². The number of benzene rings is 1. The Morgan fingerprint density at radius 3 is 2.73 bits per heavy atom. The summed E-state index contributed by atoms with van der Waals surface area (Å²) in [5.74, 6) is 0.432. The van der Waals surface area contributed by atoms with Crippen molar-refractivity contribution in [2.24, 2.45) is 0 Å². The second-order valence-corrected chi connectivity index (χ2v) is 5.89. The Labute approximate surface area is 133 Å². The number of rotatable bonds is 4. The van der Waals surface area contributed by atoms with Crippen LogP contribution in [0.3, 0.4) is 0 Å². The van der Waals surface area contributed by atoms with Gasteiger partial charge >= 0.3 is 6.01 Å². The number of likely N-dealkylation sites (tertiary alicyclic amines) is 1. The number of hydrogen-bond donors (Lipinski definition) is 1. The SMILES string of the molecule is CC1CCN1C(=O)[C@@H](C)Nc1nnc(-c2ccc(Cl)cc2)o1. The number of anilines is 1. The summed E-state index contributed by atoms with van der Waals surface area (Å²) >= 11 is 5.85. The molecule has 1 aliphatic heterocycles. The first-order valence-electron chi connectivity index (χ1n) is 7.21. The molecule has 2 heterocycles. The summed E-state index contributed by atoms with van der Waals surface area (Å²) in [7, 11) is 0. The first-order valence-corrected chi connectivity index (χ1v) is 7.59. The van der Waals surface area contributed by atoms with Crippen LogP contribution in [0.4, 0.5) is 6.01 Å². The molecule has 1 N–H and O–H groups in total. The zero-order chi connectivity index (χ0) is 15.7. The third-order valence-electron chi connectivity index (χ3n) is 3.83. The van der Waals surface area contributed by atoms with E-state index in [2.05, 4.69) is 15.5 Å². The number of halogens is 1. The smallest absolute Gasteiger partial charge is 0.316 e. The highest BCUT2D eigenvalue weighted by atomic mass is 35.5. The van der Waals surface area contributed by atoms with Gasteiger partial charge in [-0.1, -0.05) is 16.7 Å². The van der Waals surface area contributed by atoms with Gasteiger partial charge in [0, 0.05) is 23.2 Å². The maximum Gasteiger partial charge on any atom is 0.316 e. The highest BCUT2D eigenvalue weighted by Gasteiger charge is 2.31. The molecule has 0 radical (unpaired) electrons. The molecule has 0 spiro atoms. The molecule has 1 amide bonds. The molecule has 1 saturated heterocycles. The van der Waals surface area contributed by atoms with Crippen molar-refractivity contribution in [2.75, 3.05) is 11.9 Å². The minimum atomic E-state index is -0.402. The molecule has 0 aliphatic carbocycles. The molecule has 1 unspecified atom stereocenters. The van der Waals surface area contributed by atoms with Crippen molar-refractivity contribution in [1.29, 1.82) is 0 Å². The van der Waals surface area contributed by atoms with Gasteiger partial charge in [-0.05, 0) is 44.5 Å². The van der Waals surface area contributed by atoms with Crippen molar-refractivity contribution in [1.82, 2.24) is 15.1 Å². The second kappa shape index (κ2) is 5.96. The zero-order valence-electron chi connectivity index (χ0n) is 12.4. The topological polar surface area (TPSA) is 71.3 Å². The van der Waals surface area contributed by atoms with Crippen LogP contribution >= 0.6 is 11.6 Å². The van der Waals surface area contributed by atoms with E-state index in [1.807, 2.05) is 11.8 Å². The maximum atomic E-state index is 12.2. The molecule has 6 nitrogen and oxygen atoms in total. The van der Waals surface area contributed by atoms with Crippen LogP contribution in [-0.4, -0.2) is 39.6 Å². The molecule has 1 aromatic heterocycles. The summed E-state index contributed by atoms with van der Waals surface area (Å²) in [5, 5.41) is 11.5. The largest absolute Gasteiger partial charge is 0.403 e. The number of nitrogens with zero attached hydrogens (tertiary/aromatic N) is 3. The zero-order valence-corrected chi connectivity index (χ0v) is 13.2. The van der Waals surface area contributed by atoms with Crippen LogP contribution in [0.25, 0.3) is 11.5 Å². The molecular weight excluding hydrogens is 304 g/mol. The second-order valence-electron chi connectivity index (χ2n) is 5.45. The molecule has 1 aromatic carbocycles. The molecule has 116 valence electrons. The molecule has 3 rings (SSSR count). The third-order valence-corrected chi connectivity index (χ3v) is 4.08. The van der Waals surface area contributed by atoms with Gasteiger partial charge in [0.05, 0.1) is 0 Å². The Kier molecular flexibility index (Phi) is 4.02. The van der Waals surface area contributed by atoms with Gasteiger partial charge < -0.3 is 14.6 Å². The van der Waals surface area contributed by atoms with Gasteiger partial charge in [-0.15, -0.1) is 5.10 Å². The molecule has 22 heavy (non-hydrogen) atoms. The van der Waals surface area contributed by atoms with Crippen molar-refractivity contribution in [2.45, 2.75) is 32.4 Å². The summed E-state index contributed by atoms with van der Waals surface area (Å²) in [6.45, 7) is 4.64. The molecule has 1 aliphatic rings. The van der Waals surface area contributed by atoms with Gasteiger partial charge in [0.2, 0.25) is 11.8 Å². The van der Waals surface area contributed by atoms with Gasteiger partial charge in [-0.25, -0.2) is 0 Å². The van der Waals surface area contributed by atoms with Crippen molar-refractivity contribution in [3.05, 3.63) is 29.3 Å². The van der Waals surface area contributed by atoms with Crippen LogP contribution in [0.5, 0.6) is 0 Å². The molecule has 0 bridgehead atoms. The van der Waals surface area contributed by atoms with Crippen LogP contribution in [-0.2, 0) is 4.79 Å². The van der Waals surface area contributed by atoms with Crippen LogP contribution in [0.15, 0.2) is 28.7 Å². The Morgan fingerprint density at radius 2 is 2.14 bits per heavy atom. The summed E-state index contributed by atoms with van der Waals surface area (Å²) in [5.41, 5.74) is 0.778. The lowest BCUT2D eigenvalue weighted by atomic mass is 10.0. The van der Waals surface area contributed by atoms with E-state index in [9.17, 15) is 4.79 Å². The van der Waals surface area contributed by atoms with Crippen LogP contribution in [0.2, 0.25) is 5.02 Å². The van der Waals surface area contributed by atoms with Gasteiger partial charge in [-0.2, -0.15) is 0 Å². The minimum absolute atomic E-state index is 0.0463. The number of aromatic nitrogens is 2. The number of nitrogens with one attached hydrogen (secondary N) is 1. The van der Waals surface area contributed by atoms with Crippen molar-refractivity contribution in [3.63, 3.8) is 0 Å².